The molecule has 0 bridgehead atoms. The minimum atomic E-state index is -0.813. The number of halogens is 3. The Morgan fingerprint density at radius 1 is 0.931 bits per heavy atom. The van der Waals surface area contributed by atoms with Crippen LogP contribution in [0.2, 0.25) is 5.02 Å². The molecular weight excluding hydrogens is 396 g/mol. The van der Waals surface area contributed by atoms with E-state index in [0.717, 1.165) is 5.56 Å². The molecule has 0 aliphatic rings. The summed E-state index contributed by atoms with van der Waals surface area (Å²) >= 11 is 5.78. The number of amides is 1. The maximum absolute atomic E-state index is 14.2. The van der Waals surface area contributed by atoms with Gasteiger partial charge in [0.25, 0.3) is 5.91 Å². The zero-order valence-corrected chi connectivity index (χ0v) is 15.7. The molecule has 4 nitrogen and oxygen atoms in total. The Bertz CT molecular complexity index is 1190. The highest BCUT2D eigenvalue weighted by molar-refractivity contribution is 6.31. The lowest BCUT2D eigenvalue weighted by Gasteiger charge is -2.10. The van der Waals surface area contributed by atoms with E-state index < -0.39 is 17.5 Å². The topological polar surface area (TPSA) is 46.9 Å². The Morgan fingerprint density at radius 2 is 1.69 bits per heavy atom. The fraction of sp³-hybridized carbons (Fsp3) is 0. The highest BCUT2D eigenvalue weighted by atomic mass is 35.5. The van der Waals surface area contributed by atoms with Gasteiger partial charge >= 0.3 is 0 Å². The predicted molar refractivity (Wildman–Crippen MR) is 108 cm³/mol. The lowest BCUT2D eigenvalue weighted by molar-refractivity contribution is 0.102. The van der Waals surface area contributed by atoms with Crippen LogP contribution in [0.3, 0.4) is 0 Å². The van der Waals surface area contributed by atoms with Crippen molar-refractivity contribution in [1.29, 1.82) is 0 Å². The van der Waals surface area contributed by atoms with Gasteiger partial charge in [0.05, 0.1) is 22.0 Å². The Labute approximate surface area is 170 Å². The molecule has 3 aromatic carbocycles. The molecule has 0 radical (unpaired) electrons. The van der Waals surface area contributed by atoms with Crippen LogP contribution in [0.5, 0.6) is 0 Å². The van der Waals surface area contributed by atoms with Crippen LogP contribution in [0, 0.1) is 11.6 Å². The van der Waals surface area contributed by atoms with Crippen LogP contribution in [0.25, 0.3) is 16.9 Å². The summed E-state index contributed by atoms with van der Waals surface area (Å²) in [5, 5.41) is 6.99. The lowest BCUT2D eigenvalue weighted by Crippen LogP contribution is -2.16. The van der Waals surface area contributed by atoms with Crippen molar-refractivity contribution in [3.05, 3.63) is 101 Å². The zero-order chi connectivity index (χ0) is 20.4. The summed E-state index contributed by atoms with van der Waals surface area (Å²) in [5.74, 6) is -1.69. The Hall–Kier alpha value is -3.51. The van der Waals surface area contributed by atoms with E-state index in [0.29, 0.717) is 11.4 Å². The van der Waals surface area contributed by atoms with Gasteiger partial charge in [0.15, 0.2) is 5.82 Å². The van der Waals surface area contributed by atoms with Crippen molar-refractivity contribution >= 4 is 23.3 Å². The summed E-state index contributed by atoms with van der Waals surface area (Å²) in [7, 11) is 0. The number of rotatable bonds is 4. The summed E-state index contributed by atoms with van der Waals surface area (Å²) in [6.07, 6.45) is 0. The lowest BCUT2D eigenvalue weighted by atomic mass is 10.1. The van der Waals surface area contributed by atoms with Crippen molar-refractivity contribution in [3.8, 4) is 16.9 Å². The highest BCUT2D eigenvalue weighted by Gasteiger charge is 2.18. The smallest absolute Gasteiger partial charge is 0.259 e. The van der Waals surface area contributed by atoms with E-state index in [1.807, 2.05) is 30.3 Å². The van der Waals surface area contributed by atoms with Gasteiger partial charge in [-0.3, -0.25) is 4.79 Å². The minimum absolute atomic E-state index is 0.152. The van der Waals surface area contributed by atoms with Gasteiger partial charge in [0.1, 0.15) is 11.6 Å². The van der Waals surface area contributed by atoms with E-state index >= 15 is 0 Å². The fourth-order valence-corrected chi connectivity index (χ4v) is 3.06. The van der Waals surface area contributed by atoms with Gasteiger partial charge < -0.3 is 5.32 Å². The molecule has 0 atom stereocenters. The average Bonchev–Trinajstić information content (AvgIpc) is 3.14. The molecule has 0 aliphatic heterocycles. The van der Waals surface area contributed by atoms with Crippen LogP contribution in [0.15, 0.2) is 78.9 Å². The standard InChI is InChI=1S/C22H14ClF2N3O/c23-18-11-5-10-17(21(18)25)22(29)26-20-13-19(14-6-2-1-3-7-14)27-28(20)16-9-4-8-15(24)12-16/h1-13H,(H,26,29). The van der Waals surface area contributed by atoms with Crippen molar-refractivity contribution in [3.63, 3.8) is 0 Å². The monoisotopic (exact) mass is 409 g/mol. The van der Waals surface area contributed by atoms with Gasteiger partial charge in [-0.05, 0) is 30.3 Å². The summed E-state index contributed by atoms with van der Waals surface area (Å²) in [6.45, 7) is 0. The van der Waals surface area contributed by atoms with Crippen molar-refractivity contribution < 1.29 is 13.6 Å². The summed E-state index contributed by atoms with van der Waals surface area (Å²) in [5.41, 5.74) is 1.59. The largest absolute Gasteiger partial charge is 0.306 e. The van der Waals surface area contributed by atoms with Gasteiger partial charge in [-0.15, -0.1) is 0 Å². The van der Waals surface area contributed by atoms with E-state index in [1.165, 1.54) is 41.1 Å². The number of nitrogens with one attached hydrogen (secondary N) is 1. The molecule has 0 spiro atoms. The van der Waals surface area contributed by atoms with Gasteiger partial charge in [0, 0.05) is 11.6 Å². The zero-order valence-electron chi connectivity index (χ0n) is 14.9. The third kappa shape index (κ3) is 3.88. The minimum Gasteiger partial charge on any atom is -0.306 e. The predicted octanol–water partition coefficient (Wildman–Crippen LogP) is 5.72. The molecule has 4 rings (SSSR count). The van der Waals surface area contributed by atoms with E-state index in [1.54, 1.807) is 12.1 Å². The van der Waals surface area contributed by atoms with E-state index in [2.05, 4.69) is 10.4 Å². The first kappa shape index (κ1) is 18.8. The van der Waals surface area contributed by atoms with Gasteiger partial charge in [-0.1, -0.05) is 54.1 Å². The SMILES string of the molecule is O=C(Nc1cc(-c2ccccc2)nn1-c1cccc(F)c1)c1cccc(Cl)c1F. The number of anilines is 1. The van der Waals surface area contributed by atoms with Crippen LogP contribution < -0.4 is 5.32 Å². The molecule has 4 aromatic rings. The molecule has 144 valence electrons. The Balaban J connectivity index is 1.78. The fourth-order valence-electron chi connectivity index (χ4n) is 2.89. The van der Waals surface area contributed by atoms with Crippen molar-refractivity contribution in [2.24, 2.45) is 0 Å². The Kier molecular flexibility index (Phi) is 5.10. The first-order valence-electron chi connectivity index (χ1n) is 8.70. The van der Waals surface area contributed by atoms with Crippen molar-refractivity contribution in [1.82, 2.24) is 9.78 Å². The number of nitrogens with zero attached hydrogens (tertiary/aromatic N) is 2. The molecule has 7 heteroatoms. The molecule has 1 heterocycles. The van der Waals surface area contributed by atoms with Crippen LogP contribution in [-0.4, -0.2) is 15.7 Å². The molecule has 1 amide bonds. The highest BCUT2D eigenvalue weighted by Crippen LogP contribution is 2.26. The molecule has 0 aliphatic carbocycles. The maximum atomic E-state index is 14.2. The van der Waals surface area contributed by atoms with Crippen LogP contribution >= 0.6 is 11.6 Å². The van der Waals surface area contributed by atoms with Gasteiger partial charge in [-0.2, -0.15) is 5.10 Å². The number of carbonyl (C=O) groups is 1. The number of benzene rings is 3. The van der Waals surface area contributed by atoms with Crippen LogP contribution in [0.1, 0.15) is 10.4 Å². The van der Waals surface area contributed by atoms with E-state index in [4.69, 9.17) is 11.6 Å². The molecule has 1 N–H and O–H groups in total. The van der Waals surface area contributed by atoms with Crippen LogP contribution in [0.4, 0.5) is 14.6 Å². The van der Waals surface area contributed by atoms with Crippen molar-refractivity contribution in [2.75, 3.05) is 5.32 Å². The summed E-state index contributed by atoms with van der Waals surface area (Å²) in [4.78, 5) is 12.7. The maximum Gasteiger partial charge on any atom is 0.259 e. The summed E-state index contributed by atoms with van der Waals surface area (Å²) in [6, 6.07) is 20.9. The second-order valence-electron chi connectivity index (χ2n) is 6.23. The molecule has 29 heavy (non-hydrogen) atoms. The third-order valence-electron chi connectivity index (χ3n) is 4.27. The second kappa shape index (κ2) is 7.85. The average molecular weight is 410 g/mol. The van der Waals surface area contributed by atoms with E-state index in [9.17, 15) is 13.6 Å². The second-order valence-corrected chi connectivity index (χ2v) is 6.64. The number of aromatic nitrogens is 2. The first-order chi connectivity index (χ1) is 14.0. The van der Waals surface area contributed by atoms with Crippen molar-refractivity contribution in [2.45, 2.75) is 0 Å². The molecule has 0 saturated carbocycles. The molecule has 1 aromatic heterocycles. The van der Waals surface area contributed by atoms with Crippen LogP contribution in [-0.2, 0) is 0 Å². The molecule has 0 saturated heterocycles. The molecule has 0 unspecified atom stereocenters. The first-order valence-corrected chi connectivity index (χ1v) is 9.07. The number of carbonyl (C=O) groups excluding carboxylic acids is 1. The van der Waals surface area contributed by atoms with E-state index in [-0.39, 0.29) is 16.4 Å². The number of hydrogen-bond donors (Lipinski definition) is 1. The number of hydrogen-bond acceptors (Lipinski definition) is 2. The molecule has 0 fully saturated rings. The van der Waals surface area contributed by atoms with Gasteiger partial charge in [0.2, 0.25) is 0 Å². The normalized spacial score (nSPS) is 10.7. The summed E-state index contributed by atoms with van der Waals surface area (Å²) < 4.78 is 29.4. The Morgan fingerprint density at radius 3 is 2.45 bits per heavy atom. The third-order valence-corrected chi connectivity index (χ3v) is 4.56. The van der Waals surface area contributed by atoms with Gasteiger partial charge in [-0.25, -0.2) is 13.5 Å². The molecular formula is C22H14ClF2N3O. The quantitative estimate of drug-likeness (QED) is 0.468.